The minimum atomic E-state index is -3.79. The second kappa shape index (κ2) is 7.98. The molecule has 0 spiro atoms. The molecule has 3 amide bonds. The summed E-state index contributed by atoms with van der Waals surface area (Å²) in [5.74, 6) is -1.38. The molecule has 0 bridgehead atoms. The fourth-order valence-electron chi connectivity index (χ4n) is 3.59. The van der Waals surface area contributed by atoms with Gasteiger partial charge in [0.25, 0.3) is 11.8 Å². The zero-order chi connectivity index (χ0) is 20.5. The molecule has 28 heavy (non-hydrogen) atoms. The molecule has 3 N–H and O–H groups in total. The van der Waals surface area contributed by atoms with Gasteiger partial charge in [-0.1, -0.05) is 0 Å². The number of benzene rings is 1. The Balaban J connectivity index is 1.56. The van der Waals surface area contributed by atoms with E-state index in [-0.39, 0.29) is 34.4 Å². The van der Waals surface area contributed by atoms with E-state index in [1.807, 2.05) is 0 Å². The Hall–Kier alpha value is -2.30. The Kier molecular flexibility index (Phi) is 5.82. The molecule has 1 unspecified atom stereocenters. The lowest BCUT2D eigenvalue weighted by Crippen LogP contribution is -2.42. The standard InChI is InChI=1S/C18H24N4O5S/c1-21-17(24)14-6-5-13(10-15(14)18(21)25)28(26,27)20-7-3-9-22-8-2-4-12(11-22)16(19)23/h5-6,10,12,20H,2-4,7-9,11H2,1H3,(H2,19,23). The molecule has 1 saturated heterocycles. The first-order valence-electron chi connectivity index (χ1n) is 9.18. The van der Waals surface area contributed by atoms with Crippen LogP contribution in [0.3, 0.4) is 0 Å². The second-order valence-electron chi connectivity index (χ2n) is 7.17. The molecule has 1 fully saturated rings. The highest BCUT2D eigenvalue weighted by Gasteiger charge is 2.33. The molecule has 1 atom stereocenters. The number of hydrogen-bond donors (Lipinski definition) is 2. The fourth-order valence-corrected chi connectivity index (χ4v) is 4.69. The summed E-state index contributed by atoms with van der Waals surface area (Å²) >= 11 is 0. The van der Waals surface area contributed by atoms with E-state index in [0.717, 1.165) is 24.3 Å². The van der Waals surface area contributed by atoms with Crippen LogP contribution in [0.25, 0.3) is 0 Å². The first-order valence-corrected chi connectivity index (χ1v) is 10.7. The topological polar surface area (TPSA) is 130 Å². The average Bonchev–Trinajstić information content (AvgIpc) is 2.89. The third-order valence-electron chi connectivity index (χ3n) is 5.22. The second-order valence-corrected chi connectivity index (χ2v) is 8.94. The number of primary amides is 1. The van der Waals surface area contributed by atoms with Crippen LogP contribution in [0.5, 0.6) is 0 Å². The van der Waals surface area contributed by atoms with Crippen LogP contribution in [0.2, 0.25) is 0 Å². The van der Waals surface area contributed by atoms with E-state index in [2.05, 4.69) is 9.62 Å². The van der Waals surface area contributed by atoms with Crippen molar-refractivity contribution < 1.29 is 22.8 Å². The lowest BCUT2D eigenvalue weighted by atomic mass is 9.97. The van der Waals surface area contributed by atoms with Crippen LogP contribution >= 0.6 is 0 Å². The summed E-state index contributed by atoms with van der Waals surface area (Å²) in [6.07, 6.45) is 2.28. The molecule has 9 nitrogen and oxygen atoms in total. The van der Waals surface area contributed by atoms with Gasteiger partial charge in [0.05, 0.1) is 21.9 Å². The number of rotatable bonds is 7. The first-order chi connectivity index (χ1) is 13.2. The van der Waals surface area contributed by atoms with Crippen LogP contribution in [-0.2, 0) is 14.8 Å². The summed E-state index contributed by atoms with van der Waals surface area (Å²) in [7, 11) is -2.43. The maximum atomic E-state index is 12.5. The molecular formula is C18H24N4O5S. The van der Waals surface area contributed by atoms with Crippen molar-refractivity contribution in [3.63, 3.8) is 0 Å². The van der Waals surface area contributed by atoms with E-state index in [0.29, 0.717) is 19.5 Å². The van der Waals surface area contributed by atoms with E-state index >= 15 is 0 Å². The number of hydrogen-bond acceptors (Lipinski definition) is 6. The Morgan fingerprint density at radius 3 is 2.68 bits per heavy atom. The van der Waals surface area contributed by atoms with Gasteiger partial charge in [-0.3, -0.25) is 19.3 Å². The predicted molar refractivity (Wildman–Crippen MR) is 101 cm³/mol. The van der Waals surface area contributed by atoms with E-state index < -0.39 is 21.8 Å². The Bertz CT molecular complexity index is 915. The van der Waals surface area contributed by atoms with Crippen LogP contribution in [0.15, 0.2) is 23.1 Å². The molecule has 0 saturated carbocycles. The number of carbonyl (C=O) groups excluding carboxylic acids is 3. The molecule has 0 aromatic heterocycles. The van der Waals surface area contributed by atoms with Crippen molar-refractivity contribution >= 4 is 27.7 Å². The van der Waals surface area contributed by atoms with Crippen LogP contribution < -0.4 is 10.5 Å². The number of amides is 3. The molecule has 2 aliphatic rings. The number of imide groups is 1. The van der Waals surface area contributed by atoms with E-state index in [4.69, 9.17) is 5.73 Å². The number of carbonyl (C=O) groups is 3. The van der Waals surface area contributed by atoms with Crippen molar-refractivity contribution in [3.05, 3.63) is 29.3 Å². The summed E-state index contributed by atoms with van der Waals surface area (Å²) in [4.78, 5) is 38.3. The van der Waals surface area contributed by atoms with Gasteiger partial charge in [-0.15, -0.1) is 0 Å². The van der Waals surface area contributed by atoms with Gasteiger partial charge < -0.3 is 10.6 Å². The zero-order valence-electron chi connectivity index (χ0n) is 15.7. The minimum absolute atomic E-state index is 0.0468. The molecule has 2 heterocycles. The third kappa shape index (κ3) is 4.08. The van der Waals surface area contributed by atoms with Gasteiger partial charge in [0, 0.05) is 20.1 Å². The SMILES string of the molecule is CN1C(=O)c2ccc(S(=O)(=O)NCCCN3CCCC(C(N)=O)C3)cc2C1=O. The van der Waals surface area contributed by atoms with Crippen molar-refractivity contribution in [3.8, 4) is 0 Å². The van der Waals surface area contributed by atoms with E-state index in [9.17, 15) is 22.8 Å². The number of fused-ring (bicyclic) bond motifs is 1. The highest BCUT2D eigenvalue weighted by atomic mass is 32.2. The highest BCUT2D eigenvalue weighted by molar-refractivity contribution is 7.89. The smallest absolute Gasteiger partial charge is 0.261 e. The summed E-state index contributed by atoms with van der Waals surface area (Å²) < 4.78 is 27.5. The van der Waals surface area contributed by atoms with Crippen molar-refractivity contribution in [1.82, 2.24) is 14.5 Å². The van der Waals surface area contributed by atoms with Gasteiger partial charge in [0.2, 0.25) is 15.9 Å². The summed E-state index contributed by atoms with van der Waals surface area (Å²) in [5, 5.41) is 0. The Morgan fingerprint density at radius 2 is 1.96 bits per heavy atom. The number of nitrogens with two attached hydrogens (primary N) is 1. The summed E-state index contributed by atoms with van der Waals surface area (Å²) in [6, 6.07) is 3.93. The maximum Gasteiger partial charge on any atom is 0.261 e. The number of piperidine rings is 1. The van der Waals surface area contributed by atoms with Crippen LogP contribution in [0.1, 0.15) is 40.0 Å². The summed E-state index contributed by atoms with van der Waals surface area (Å²) in [6.45, 7) is 2.36. The first kappa shape index (κ1) is 20.4. The number of nitrogens with zero attached hydrogens (tertiary/aromatic N) is 2. The average molecular weight is 408 g/mol. The maximum absolute atomic E-state index is 12.5. The molecule has 3 rings (SSSR count). The van der Waals surface area contributed by atoms with E-state index in [1.165, 1.54) is 25.2 Å². The molecule has 1 aromatic carbocycles. The van der Waals surface area contributed by atoms with Crippen LogP contribution in [0.4, 0.5) is 0 Å². The molecule has 152 valence electrons. The number of likely N-dealkylation sites (tertiary alicyclic amines) is 1. The van der Waals surface area contributed by atoms with Crippen molar-refractivity contribution in [2.75, 3.05) is 33.2 Å². The molecule has 0 radical (unpaired) electrons. The Labute approximate surface area is 163 Å². The lowest BCUT2D eigenvalue weighted by molar-refractivity contribution is -0.123. The van der Waals surface area contributed by atoms with Crippen LogP contribution in [-0.4, -0.2) is 69.2 Å². The molecule has 1 aromatic rings. The molecule has 2 aliphatic heterocycles. The predicted octanol–water partition coefficient (Wildman–Crippen LogP) is -0.222. The van der Waals surface area contributed by atoms with Gasteiger partial charge in [0.1, 0.15) is 0 Å². The normalized spacial score (nSPS) is 20.5. The Morgan fingerprint density at radius 1 is 1.25 bits per heavy atom. The lowest BCUT2D eigenvalue weighted by Gasteiger charge is -2.31. The summed E-state index contributed by atoms with van der Waals surface area (Å²) in [5.41, 5.74) is 5.67. The highest BCUT2D eigenvalue weighted by Crippen LogP contribution is 2.24. The molecule has 10 heteroatoms. The number of sulfonamides is 1. The van der Waals surface area contributed by atoms with Gasteiger partial charge in [-0.25, -0.2) is 13.1 Å². The largest absolute Gasteiger partial charge is 0.369 e. The monoisotopic (exact) mass is 408 g/mol. The van der Waals surface area contributed by atoms with Crippen molar-refractivity contribution in [1.29, 1.82) is 0 Å². The fraction of sp³-hybridized carbons (Fsp3) is 0.500. The molecular weight excluding hydrogens is 384 g/mol. The third-order valence-corrected chi connectivity index (χ3v) is 6.68. The minimum Gasteiger partial charge on any atom is -0.369 e. The quantitative estimate of drug-likeness (QED) is 0.474. The zero-order valence-corrected chi connectivity index (χ0v) is 16.5. The van der Waals surface area contributed by atoms with Crippen LogP contribution in [0, 0.1) is 5.92 Å². The number of nitrogens with one attached hydrogen (secondary N) is 1. The van der Waals surface area contributed by atoms with E-state index in [1.54, 1.807) is 0 Å². The van der Waals surface area contributed by atoms with Gasteiger partial charge in [-0.05, 0) is 50.6 Å². The van der Waals surface area contributed by atoms with Gasteiger partial charge in [0.15, 0.2) is 0 Å². The van der Waals surface area contributed by atoms with Crippen molar-refractivity contribution in [2.45, 2.75) is 24.2 Å². The van der Waals surface area contributed by atoms with Crippen molar-refractivity contribution in [2.24, 2.45) is 11.7 Å². The van der Waals surface area contributed by atoms with Gasteiger partial charge >= 0.3 is 0 Å². The van der Waals surface area contributed by atoms with Gasteiger partial charge in [-0.2, -0.15) is 0 Å². The molecule has 0 aliphatic carbocycles.